The number of H-pyrrole nitrogens is 1. The van der Waals surface area contributed by atoms with E-state index < -0.39 is 29.9 Å². The van der Waals surface area contributed by atoms with Gasteiger partial charge < -0.3 is 5.32 Å². The molecule has 3 aromatic heterocycles. The first kappa shape index (κ1) is 24.1. The van der Waals surface area contributed by atoms with E-state index in [4.69, 9.17) is 0 Å². The van der Waals surface area contributed by atoms with Crippen LogP contribution in [0.4, 0.5) is 27.8 Å². The molecule has 0 amide bonds. The van der Waals surface area contributed by atoms with Crippen molar-refractivity contribution in [1.82, 2.24) is 30.0 Å². The number of aryl methyl sites for hydroxylation is 1. The fraction of sp³-hybridized carbons (Fsp3) is 0.474. The van der Waals surface area contributed by atoms with Crippen molar-refractivity contribution in [2.24, 2.45) is 0 Å². The molecule has 2 N–H and O–H groups in total. The number of likely N-dealkylation sites (tertiary alicyclic amines) is 1. The molecular weight excluding hydrogens is 457 g/mol. The Morgan fingerprint density at radius 1 is 1.09 bits per heavy atom. The molecule has 0 atom stereocenters. The van der Waals surface area contributed by atoms with E-state index in [0.29, 0.717) is 49.7 Å². The SMILES string of the molecule is Cc1n[nH]c2ncnc(NC3CCN(CC(F)(F)c4ccc(C(F)(F)F)nc4)CC3)c12.Cl. The Morgan fingerprint density at radius 3 is 2.44 bits per heavy atom. The van der Waals surface area contributed by atoms with Crippen molar-refractivity contribution in [3.05, 3.63) is 41.6 Å². The van der Waals surface area contributed by atoms with Crippen LogP contribution in [-0.4, -0.2) is 55.7 Å². The van der Waals surface area contributed by atoms with Gasteiger partial charge in [0.1, 0.15) is 17.8 Å². The van der Waals surface area contributed by atoms with E-state index in [-0.39, 0.29) is 18.4 Å². The molecule has 4 rings (SSSR count). The molecule has 0 bridgehead atoms. The van der Waals surface area contributed by atoms with Gasteiger partial charge in [0.2, 0.25) is 0 Å². The Labute approximate surface area is 186 Å². The van der Waals surface area contributed by atoms with Crippen LogP contribution in [0.2, 0.25) is 0 Å². The third-order valence-corrected chi connectivity index (χ3v) is 5.37. The Morgan fingerprint density at radius 2 is 1.81 bits per heavy atom. The van der Waals surface area contributed by atoms with E-state index in [1.54, 1.807) is 4.90 Å². The summed E-state index contributed by atoms with van der Waals surface area (Å²) in [6.45, 7) is 2.10. The summed E-state index contributed by atoms with van der Waals surface area (Å²) in [6, 6.07) is 1.42. The predicted molar refractivity (Wildman–Crippen MR) is 110 cm³/mol. The highest BCUT2D eigenvalue weighted by Gasteiger charge is 2.38. The number of hydrogen-bond donors (Lipinski definition) is 2. The number of nitrogens with zero attached hydrogens (tertiary/aromatic N) is 5. The van der Waals surface area contributed by atoms with Gasteiger partial charge in [-0.15, -0.1) is 12.4 Å². The largest absolute Gasteiger partial charge is 0.433 e. The van der Waals surface area contributed by atoms with Crippen LogP contribution in [0, 0.1) is 6.92 Å². The van der Waals surface area contributed by atoms with E-state index in [0.717, 1.165) is 17.1 Å². The van der Waals surface area contributed by atoms with Gasteiger partial charge >= 0.3 is 6.18 Å². The van der Waals surface area contributed by atoms with Gasteiger partial charge in [0, 0.05) is 30.9 Å². The molecule has 0 spiro atoms. The summed E-state index contributed by atoms with van der Waals surface area (Å²) in [5, 5.41) is 11.1. The lowest BCUT2D eigenvalue weighted by atomic mass is 10.0. The molecular formula is C19H21ClF5N7. The molecule has 0 aliphatic carbocycles. The Kier molecular flexibility index (Phi) is 6.84. The fourth-order valence-corrected chi connectivity index (χ4v) is 3.69. The maximum absolute atomic E-state index is 14.6. The van der Waals surface area contributed by atoms with Crippen LogP contribution in [-0.2, 0) is 12.1 Å². The number of halogens is 6. The summed E-state index contributed by atoms with van der Waals surface area (Å²) in [7, 11) is 0. The number of aromatic nitrogens is 5. The highest BCUT2D eigenvalue weighted by atomic mass is 35.5. The van der Waals surface area contributed by atoms with Crippen LogP contribution in [0.1, 0.15) is 29.8 Å². The van der Waals surface area contributed by atoms with Gasteiger partial charge in [-0.05, 0) is 31.9 Å². The summed E-state index contributed by atoms with van der Waals surface area (Å²) < 4.78 is 67.0. The molecule has 1 aliphatic heterocycles. The monoisotopic (exact) mass is 477 g/mol. The van der Waals surface area contributed by atoms with Crippen molar-refractivity contribution < 1.29 is 22.0 Å². The van der Waals surface area contributed by atoms with Crippen molar-refractivity contribution in [3.63, 3.8) is 0 Å². The summed E-state index contributed by atoms with van der Waals surface area (Å²) in [5.41, 5.74) is -0.331. The third kappa shape index (κ3) is 5.07. The van der Waals surface area contributed by atoms with E-state index in [1.165, 1.54) is 6.33 Å². The van der Waals surface area contributed by atoms with Crippen LogP contribution in [0.15, 0.2) is 24.7 Å². The second-order valence-corrected chi connectivity index (χ2v) is 7.58. The number of alkyl halides is 5. The van der Waals surface area contributed by atoms with Gasteiger partial charge in [0.25, 0.3) is 5.92 Å². The quantitative estimate of drug-likeness (QED) is 0.537. The molecule has 1 saturated heterocycles. The molecule has 1 aliphatic rings. The number of piperidine rings is 1. The lowest BCUT2D eigenvalue weighted by Gasteiger charge is -2.34. The van der Waals surface area contributed by atoms with Gasteiger partial charge in [-0.2, -0.15) is 27.1 Å². The molecule has 1 fully saturated rings. The number of hydrogen-bond acceptors (Lipinski definition) is 6. The van der Waals surface area contributed by atoms with Crippen LogP contribution in [0.25, 0.3) is 11.0 Å². The zero-order valence-corrected chi connectivity index (χ0v) is 17.8. The minimum atomic E-state index is -4.66. The number of nitrogens with one attached hydrogen (secondary N) is 2. The molecule has 7 nitrogen and oxygen atoms in total. The molecule has 0 saturated carbocycles. The number of aromatic amines is 1. The van der Waals surface area contributed by atoms with E-state index in [1.807, 2.05) is 6.92 Å². The van der Waals surface area contributed by atoms with Crippen LogP contribution < -0.4 is 5.32 Å². The molecule has 0 aromatic carbocycles. The lowest BCUT2D eigenvalue weighted by Crippen LogP contribution is -2.43. The number of fused-ring (bicyclic) bond motifs is 1. The van der Waals surface area contributed by atoms with Crippen molar-refractivity contribution in [2.45, 2.75) is 37.9 Å². The molecule has 3 aromatic rings. The van der Waals surface area contributed by atoms with E-state index >= 15 is 0 Å². The summed E-state index contributed by atoms with van der Waals surface area (Å²) >= 11 is 0. The van der Waals surface area contributed by atoms with E-state index in [9.17, 15) is 22.0 Å². The van der Waals surface area contributed by atoms with Gasteiger partial charge in [-0.25, -0.2) is 9.97 Å². The highest BCUT2D eigenvalue weighted by molar-refractivity contribution is 5.88. The first-order chi connectivity index (χ1) is 14.6. The minimum absolute atomic E-state index is 0. The van der Waals surface area contributed by atoms with Crippen molar-refractivity contribution in [2.75, 3.05) is 25.0 Å². The van der Waals surface area contributed by atoms with E-state index in [2.05, 4.69) is 30.5 Å². The van der Waals surface area contributed by atoms with Gasteiger partial charge in [-0.1, -0.05) is 0 Å². The number of pyridine rings is 1. The topological polar surface area (TPSA) is 82.6 Å². The smallest absolute Gasteiger partial charge is 0.367 e. The third-order valence-electron chi connectivity index (χ3n) is 5.37. The maximum atomic E-state index is 14.6. The molecule has 32 heavy (non-hydrogen) atoms. The highest BCUT2D eigenvalue weighted by Crippen LogP contribution is 2.33. The second kappa shape index (κ2) is 9.10. The van der Waals surface area contributed by atoms with Crippen LogP contribution in [0.3, 0.4) is 0 Å². The molecule has 174 valence electrons. The normalized spacial score (nSPS) is 16.2. The maximum Gasteiger partial charge on any atom is 0.433 e. The fourth-order valence-electron chi connectivity index (χ4n) is 3.69. The predicted octanol–water partition coefficient (Wildman–Crippen LogP) is 4.17. The second-order valence-electron chi connectivity index (χ2n) is 7.58. The first-order valence-corrected chi connectivity index (χ1v) is 9.69. The van der Waals surface area contributed by atoms with Crippen molar-refractivity contribution in [1.29, 1.82) is 0 Å². The standard InChI is InChI=1S/C19H20F5N7.ClH/c1-11-15-16(26-10-27-17(15)30-29-11)28-13-4-6-31(7-5-13)9-18(20,21)12-2-3-14(25-8-12)19(22,23)24;/h2-3,8,10,13H,4-7,9H2,1H3,(H2,26,27,28,29,30);1H. The summed E-state index contributed by atoms with van der Waals surface area (Å²) in [4.78, 5) is 13.1. The number of rotatable bonds is 5. The summed E-state index contributed by atoms with van der Waals surface area (Å²) in [5.74, 6) is -2.65. The Balaban J connectivity index is 0.00000289. The Hall–Kier alpha value is -2.60. The molecule has 0 unspecified atom stereocenters. The average Bonchev–Trinajstić information content (AvgIpc) is 3.11. The minimum Gasteiger partial charge on any atom is -0.367 e. The zero-order valence-electron chi connectivity index (χ0n) is 17.0. The lowest BCUT2D eigenvalue weighted by molar-refractivity contribution is -0.141. The van der Waals surface area contributed by atoms with Gasteiger partial charge in [0.05, 0.1) is 17.6 Å². The van der Waals surface area contributed by atoms with Crippen LogP contribution >= 0.6 is 12.4 Å². The summed E-state index contributed by atoms with van der Waals surface area (Å²) in [6.07, 6.45) is -1.40. The molecule has 13 heteroatoms. The zero-order chi connectivity index (χ0) is 22.2. The average molecular weight is 478 g/mol. The van der Waals surface area contributed by atoms with Gasteiger partial charge in [0.15, 0.2) is 5.65 Å². The number of anilines is 1. The van der Waals surface area contributed by atoms with Gasteiger partial charge in [-0.3, -0.25) is 15.0 Å². The Bertz CT molecular complexity index is 1050. The molecule has 4 heterocycles. The first-order valence-electron chi connectivity index (χ1n) is 9.69. The van der Waals surface area contributed by atoms with Crippen LogP contribution in [0.5, 0.6) is 0 Å². The van der Waals surface area contributed by atoms with Crippen molar-refractivity contribution in [3.8, 4) is 0 Å². The van der Waals surface area contributed by atoms with Crippen molar-refractivity contribution >= 4 is 29.3 Å². The molecule has 0 radical (unpaired) electrons.